The highest BCUT2D eigenvalue weighted by molar-refractivity contribution is 6.61. The third kappa shape index (κ3) is 2.02. The van der Waals surface area contributed by atoms with Crippen LogP contribution in [-0.4, -0.2) is 20.3 Å². The molecule has 2 atom stereocenters. The van der Waals surface area contributed by atoms with Crippen molar-refractivity contribution in [3.8, 4) is 0 Å². The van der Waals surface area contributed by atoms with Gasteiger partial charge in [0.05, 0.1) is 0 Å². The van der Waals surface area contributed by atoms with Gasteiger partial charge in [-0.1, -0.05) is 36.8 Å². The Morgan fingerprint density at radius 1 is 0.938 bits per heavy atom. The highest BCUT2D eigenvalue weighted by Gasteiger charge is 2.34. The smallest absolute Gasteiger partial charge is 0.407 e. The average molecular weight is 216 g/mol. The summed E-state index contributed by atoms with van der Waals surface area (Å²) >= 11 is 0. The standard InChI is InChI=1S/C13H17BO2/c1-2-7-13(8-3-1)14-15-9-11-5-4-6-12(11)10-16-14/h1-3,7-8,11-12H,4-6,9-10H2. The highest BCUT2D eigenvalue weighted by Crippen LogP contribution is 2.33. The normalized spacial score (nSPS) is 29.9. The van der Waals surface area contributed by atoms with Gasteiger partial charge in [-0.25, -0.2) is 0 Å². The van der Waals surface area contributed by atoms with Crippen LogP contribution in [0.2, 0.25) is 0 Å². The summed E-state index contributed by atoms with van der Waals surface area (Å²) < 4.78 is 11.8. The zero-order valence-electron chi connectivity index (χ0n) is 9.47. The van der Waals surface area contributed by atoms with Crippen molar-refractivity contribution in [2.24, 2.45) is 11.8 Å². The Hall–Kier alpha value is -0.795. The van der Waals surface area contributed by atoms with Gasteiger partial charge in [-0.05, 0) is 30.1 Å². The van der Waals surface area contributed by atoms with Gasteiger partial charge in [-0.2, -0.15) is 0 Å². The van der Waals surface area contributed by atoms with Gasteiger partial charge in [0.2, 0.25) is 0 Å². The largest absolute Gasteiger partial charge is 0.493 e. The second-order valence-electron chi connectivity index (χ2n) is 4.86. The van der Waals surface area contributed by atoms with E-state index in [9.17, 15) is 0 Å². The topological polar surface area (TPSA) is 18.5 Å². The zero-order chi connectivity index (χ0) is 10.8. The fourth-order valence-corrected chi connectivity index (χ4v) is 2.83. The van der Waals surface area contributed by atoms with Gasteiger partial charge in [-0.15, -0.1) is 0 Å². The Bertz CT molecular complexity index is 327. The maximum absolute atomic E-state index is 5.88. The molecule has 1 aliphatic carbocycles. The summed E-state index contributed by atoms with van der Waals surface area (Å²) in [5.74, 6) is 1.46. The number of hydrogen-bond acceptors (Lipinski definition) is 2. The molecule has 2 aliphatic rings. The van der Waals surface area contributed by atoms with E-state index in [0.717, 1.165) is 30.5 Å². The fourth-order valence-electron chi connectivity index (χ4n) is 2.83. The van der Waals surface area contributed by atoms with Crippen LogP contribution < -0.4 is 5.46 Å². The Morgan fingerprint density at radius 3 is 2.19 bits per heavy atom. The van der Waals surface area contributed by atoms with E-state index in [1.54, 1.807) is 0 Å². The highest BCUT2D eigenvalue weighted by atomic mass is 16.6. The first kappa shape index (κ1) is 10.4. The van der Waals surface area contributed by atoms with Crippen LogP contribution >= 0.6 is 0 Å². The van der Waals surface area contributed by atoms with Crippen molar-refractivity contribution in [2.45, 2.75) is 19.3 Å². The molecular weight excluding hydrogens is 199 g/mol. The molecule has 0 amide bonds. The Balaban J connectivity index is 1.71. The van der Waals surface area contributed by atoms with Crippen molar-refractivity contribution in [1.82, 2.24) is 0 Å². The van der Waals surface area contributed by atoms with Crippen molar-refractivity contribution in [3.63, 3.8) is 0 Å². The van der Waals surface area contributed by atoms with E-state index in [1.807, 2.05) is 18.2 Å². The lowest BCUT2D eigenvalue weighted by atomic mass is 9.79. The molecule has 1 heterocycles. The lowest BCUT2D eigenvalue weighted by Gasteiger charge is -2.13. The number of benzene rings is 1. The van der Waals surface area contributed by atoms with Crippen LogP contribution in [0, 0.1) is 11.8 Å². The van der Waals surface area contributed by atoms with Gasteiger partial charge in [0.25, 0.3) is 0 Å². The summed E-state index contributed by atoms with van der Waals surface area (Å²) in [5, 5.41) is 0. The molecule has 1 saturated heterocycles. The second kappa shape index (κ2) is 4.60. The molecule has 0 radical (unpaired) electrons. The van der Waals surface area contributed by atoms with E-state index in [0.29, 0.717) is 0 Å². The summed E-state index contributed by atoms with van der Waals surface area (Å²) in [7, 11) is -0.146. The van der Waals surface area contributed by atoms with Crippen LogP contribution in [0.15, 0.2) is 30.3 Å². The predicted molar refractivity (Wildman–Crippen MR) is 64.6 cm³/mol. The van der Waals surface area contributed by atoms with Crippen LogP contribution in [0.25, 0.3) is 0 Å². The van der Waals surface area contributed by atoms with Gasteiger partial charge < -0.3 is 9.31 Å². The maximum Gasteiger partial charge on any atom is 0.493 e. The van der Waals surface area contributed by atoms with Crippen LogP contribution in [0.4, 0.5) is 0 Å². The fraction of sp³-hybridized carbons (Fsp3) is 0.538. The average Bonchev–Trinajstić information content (AvgIpc) is 2.70. The quantitative estimate of drug-likeness (QED) is 0.667. The Labute approximate surface area is 97.1 Å². The minimum absolute atomic E-state index is 0.146. The number of hydrogen-bond donors (Lipinski definition) is 0. The van der Waals surface area contributed by atoms with E-state index in [4.69, 9.17) is 9.31 Å². The number of rotatable bonds is 1. The monoisotopic (exact) mass is 216 g/mol. The minimum atomic E-state index is -0.146. The van der Waals surface area contributed by atoms with Gasteiger partial charge in [0.15, 0.2) is 0 Å². The van der Waals surface area contributed by atoms with Gasteiger partial charge in [0, 0.05) is 13.2 Å². The molecule has 1 aromatic carbocycles. The molecule has 2 nitrogen and oxygen atoms in total. The van der Waals surface area contributed by atoms with Crippen molar-refractivity contribution in [3.05, 3.63) is 30.3 Å². The molecule has 3 rings (SSSR count). The summed E-state index contributed by atoms with van der Waals surface area (Å²) in [4.78, 5) is 0. The lowest BCUT2D eigenvalue weighted by molar-refractivity contribution is 0.231. The molecule has 1 saturated carbocycles. The van der Waals surface area contributed by atoms with Crippen molar-refractivity contribution < 1.29 is 9.31 Å². The third-order valence-electron chi connectivity index (χ3n) is 3.81. The summed E-state index contributed by atoms with van der Waals surface area (Å²) in [6.07, 6.45) is 3.98. The molecule has 3 heteroatoms. The first-order valence-corrected chi connectivity index (χ1v) is 6.21. The first-order valence-electron chi connectivity index (χ1n) is 6.21. The Kier molecular flexibility index (Phi) is 2.98. The van der Waals surface area contributed by atoms with Crippen LogP contribution in [0.3, 0.4) is 0 Å². The molecule has 0 N–H and O–H groups in total. The molecule has 1 aromatic rings. The maximum atomic E-state index is 5.88. The first-order chi connectivity index (χ1) is 7.93. The van der Waals surface area contributed by atoms with Crippen molar-refractivity contribution in [2.75, 3.05) is 13.2 Å². The van der Waals surface area contributed by atoms with E-state index in [-0.39, 0.29) is 7.12 Å². The summed E-state index contributed by atoms with van der Waals surface area (Å²) in [6.45, 7) is 1.73. The minimum Gasteiger partial charge on any atom is -0.407 e. The zero-order valence-corrected chi connectivity index (χ0v) is 9.47. The number of fused-ring (bicyclic) bond motifs is 1. The molecule has 0 bridgehead atoms. The van der Waals surface area contributed by atoms with Gasteiger partial charge >= 0.3 is 7.12 Å². The SMILES string of the molecule is c1ccc(B2OCC3CCCC3CO2)cc1. The molecule has 84 valence electrons. The van der Waals surface area contributed by atoms with Crippen LogP contribution in [-0.2, 0) is 9.31 Å². The molecule has 0 spiro atoms. The molecular formula is C13H17BO2. The predicted octanol–water partition coefficient (Wildman–Crippen LogP) is 1.84. The second-order valence-corrected chi connectivity index (χ2v) is 4.86. The van der Waals surface area contributed by atoms with Crippen molar-refractivity contribution >= 4 is 12.6 Å². The van der Waals surface area contributed by atoms with Gasteiger partial charge in [0.1, 0.15) is 0 Å². The van der Waals surface area contributed by atoms with Gasteiger partial charge in [-0.3, -0.25) is 0 Å². The van der Waals surface area contributed by atoms with E-state index in [2.05, 4.69) is 12.1 Å². The third-order valence-corrected chi connectivity index (χ3v) is 3.81. The molecule has 2 fully saturated rings. The van der Waals surface area contributed by atoms with Crippen LogP contribution in [0.1, 0.15) is 19.3 Å². The Morgan fingerprint density at radius 2 is 1.56 bits per heavy atom. The van der Waals surface area contributed by atoms with E-state index in [1.165, 1.54) is 19.3 Å². The molecule has 2 unspecified atom stereocenters. The van der Waals surface area contributed by atoms with Crippen molar-refractivity contribution in [1.29, 1.82) is 0 Å². The summed E-state index contributed by atoms with van der Waals surface area (Å²) in [5.41, 5.74) is 1.14. The van der Waals surface area contributed by atoms with E-state index < -0.39 is 0 Å². The lowest BCUT2D eigenvalue weighted by Crippen LogP contribution is -2.36. The van der Waals surface area contributed by atoms with E-state index >= 15 is 0 Å². The molecule has 0 aromatic heterocycles. The molecule has 1 aliphatic heterocycles. The summed E-state index contributed by atoms with van der Waals surface area (Å²) in [6, 6.07) is 10.2. The van der Waals surface area contributed by atoms with Crippen LogP contribution in [0.5, 0.6) is 0 Å². The molecule has 16 heavy (non-hydrogen) atoms.